The number of nitrogens with zero attached hydrogens (tertiary/aromatic N) is 1. The Balaban J connectivity index is 1.95. The molecule has 0 amide bonds. The number of aromatic hydroxyl groups is 7. The average molecular weight is 510 g/mol. The van der Waals surface area contributed by atoms with Gasteiger partial charge in [0, 0.05) is 5.69 Å². The van der Waals surface area contributed by atoms with Gasteiger partial charge in [0.05, 0.1) is 20.8 Å². The number of benzene rings is 4. The maximum absolute atomic E-state index is 10.7. The Labute approximate surface area is 194 Å². The van der Waals surface area contributed by atoms with E-state index in [9.17, 15) is 35.7 Å². The van der Waals surface area contributed by atoms with E-state index < -0.39 is 40.2 Å². The third-order valence-corrected chi connectivity index (χ3v) is 6.39. The third-order valence-electron chi connectivity index (χ3n) is 5.64. The van der Waals surface area contributed by atoms with Crippen molar-refractivity contribution in [2.24, 2.45) is 0 Å². The van der Waals surface area contributed by atoms with Crippen molar-refractivity contribution in [3.05, 3.63) is 59.1 Å². The normalized spacial score (nSPS) is 11.4. The van der Waals surface area contributed by atoms with Crippen molar-refractivity contribution in [1.29, 1.82) is 0 Å². The predicted molar refractivity (Wildman–Crippen MR) is 126 cm³/mol. The molecule has 5 rings (SSSR count). The number of phenols is 7. The van der Waals surface area contributed by atoms with Crippen LogP contribution in [0.4, 0.5) is 0 Å². The van der Waals surface area contributed by atoms with Crippen LogP contribution in [0, 0.1) is 0 Å². The lowest BCUT2D eigenvalue weighted by molar-refractivity contribution is 0.350. The molecule has 0 aliphatic heterocycles. The molecule has 5 aromatic rings. The van der Waals surface area contributed by atoms with E-state index in [2.05, 4.69) is 15.9 Å². The lowest BCUT2D eigenvalue weighted by Gasteiger charge is -2.13. The van der Waals surface area contributed by atoms with Gasteiger partial charge in [-0.1, -0.05) is 42.5 Å². The first-order valence-corrected chi connectivity index (χ1v) is 10.5. The molecule has 0 atom stereocenters. The number of rotatable bonds is 2. The van der Waals surface area contributed by atoms with Crippen molar-refractivity contribution in [2.75, 3.05) is 0 Å². The van der Waals surface area contributed by atoms with E-state index in [4.69, 9.17) is 0 Å². The van der Waals surface area contributed by atoms with Gasteiger partial charge in [-0.25, -0.2) is 0 Å². The fourth-order valence-electron chi connectivity index (χ4n) is 4.06. The number of halogens is 1. The molecule has 0 saturated heterocycles. The molecule has 0 saturated carbocycles. The van der Waals surface area contributed by atoms with Crippen molar-refractivity contribution < 1.29 is 35.7 Å². The number of fused-ring (bicyclic) bond motifs is 3. The van der Waals surface area contributed by atoms with Crippen LogP contribution in [-0.4, -0.2) is 40.3 Å². The van der Waals surface area contributed by atoms with Crippen LogP contribution >= 0.6 is 15.9 Å². The van der Waals surface area contributed by atoms with Crippen LogP contribution in [0.25, 0.3) is 38.6 Å². The zero-order chi connectivity index (χ0) is 23.6. The standard InChI is InChI=1S/C24H16BrNO7/c25-15-16-13(18(27)22(31)20(15)29)14-17(21(30)24(33)23(32)19(14)28)26(16)12-8-6-11(7-9-12)10-4-2-1-3-5-10/h1-9,27-33H. The van der Waals surface area contributed by atoms with Crippen LogP contribution in [0.5, 0.6) is 40.2 Å². The van der Waals surface area contributed by atoms with Crippen LogP contribution in [-0.2, 0) is 0 Å². The van der Waals surface area contributed by atoms with Gasteiger partial charge in [-0.2, -0.15) is 0 Å². The Hall–Kier alpha value is -4.24. The van der Waals surface area contributed by atoms with Crippen LogP contribution in [0.1, 0.15) is 0 Å². The van der Waals surface area contributed by atoms with Crippen LogP contribution < -0.4 is 0 Å². The molecule has 166 valence electrons. The quantitative estimate of drug-likeness (QED) is 0.128. The first kappa shape index (κ1) is 20.7. The first-order chi connectivity index (χ1) is 15.7. The van der Waals surface area contributed by atoms with Gasteiger partial charge in [0.15, 0.2) is 23.0 Å². The minimum atomic E-state index is -0.999. The molecule has 1 heterocycles. The molecule has 0 radical (unpaired) electrons. The largest absolute Gasteiger partial charge is 0.504 e. The maximum atomic E-state index is 10.7. The Morgan fingerprint density at radius 3 is 1.58 bits per heavy atom. The summed E-state index contributed by atoms with van der Waals surface area (Å²) in [7, 11) is 0. The molecule has 8 nitrogen and oxygen atoms in total. The van der Waals surface area contributed by atoms with Crippen molar-refractivity contribution in [3.63, 3.8) is 0 Å². The second-order valence-corrected chi connectivity index (χ2v) is 8.24. The smallest absolute Gasteiger partial charge is 0.206 e. The van der Waals surface area contributed by atoms with E-state index in [1.807, 2.05) is 42.5 Å². The van der Waals surface area contributed by atoms with Crippen LogP contribution in [0.15, 0.2) is 59.1 Å². The molecule has 0 aliphatic rings. The van der Waals surface area contributed by atoms with E-state index in [0.29, 0.717) is 5.69 Å². The average Bonchev–Trinajstić information content (AvgIpc) is 3.20. The van der Waals surface area contributed by atoms with Crippen molar-refractivity contribution in [2.45, 2.75) is 0 Å². The zero-order valence-electron chi connectivity index (χ0n) is 16.7. The summed E-state index contributed by atoms with van der Waals surface area (Å²) in [4.78, 5) is 0. The molecule has 0 spiro atoms. The molecule has 0 aliphatic carbocycles. The molecule has 1 aromatic heterocycles. The topological polar surface area (TPSA) is 147 Å². The third kappa shape index (κ3) is 2.76. The Bertz CT molecular complexity index is 1500. The summed E-state index contributed by atoms with van der Waals surface area (Å²) in [6, 6.07) is 16.6. The van der Waals surface area contributed by atoms with Gasteiger partial charge in [0.25, 0.3) is 0 Å². The summed E-state index contributed by atoms with van der Waals surface area (Å²) in [5.74, 6) is -5.87. The summed E-state index contributed by atoms with van der Waals surface area (Å²) in [6.07, 6.45) is 0. The summed E-state index contributed by atoms with van der Waals surface area (Å²) in [6.45, 7) is 0. The minimum Gasteiger partial charge on any atom is -0.504 e. The molecule has 7 N–H and O–H groups in total. The van der Waals surface area contributed by atoms with Gasteiger partial charge in [0.1, 0.15) is 5.52 Å². The molecule has 0 bridgehead atoms. The minimum absolute atomic E-state index is 0.0473. The fraction of sp³-hybridized carbons (Fsp3) is 0. The van der Waals surface area contributed by atoms with Gasteiger partial charge in [-0.05, 0) is 39.2 Å². The first-order valence-electron chi connectivity index (χ1n) is 9.66. The molecular formula is C24H16BrNO7. The summed E-state index contributed by atoms with van der Waals surface area (Å²) in [5, 5.41) is 72.3. The fourth-order valence-corrected chi connectivity index (χ4v) is 4.62. The van der Waals surface area contributed by atoms with Gasteiger partial charge >= 0.3 is 0 Å². The van der Waals surface area contributed by atoms with Crippen LogP contribution in [0.3, 0.4) is 0 Å². The summed E-state index contributed by atoms with van der Waals surface area (Å²) >= 11 is 3.20. The molecule has 0 fully saturated rings. The SMILES string of the molecule is Oc1c(O)c(O)c2c(c1O)c1c(O)c(O)c(O)c(Br)c1n2-c1ccc(-c2ccccc2)cc1. The summed E-state index contributed by atoms with van der Waals surface area (Å²) < 4.78 is 1.32. The van der Waals surface area contributed by atoms with E-state index in [1.54, 1.807) is 12.1 Å². The van der Waals surface area contributed by atoms with E-state index in [1.165, 1.54) is 4.57 Å². The highest BCUT2D eigenvalue weighted by Gasteiger charge is 2.31. The van der Waals surface area contributed by atoms with E-state index in [-0.39, 0.29) is 26.3 Å². The molecule has 33 heavy (non-hydrogen) atoms. The highest BCUT2D eigenvalue weighted by molar-refractivity contribution is 9.10. The molecule has 0 unspecified atom stereocenters. The molecule has 9 heteroatoms. The second-order valence-electron chi connectivity index (χ2n) is 7.45. The van der Waals surface area contributed by atoms with Gasteiger partial charge in [-0.15, -0.1) is 0 Å². The molecular weight excluding hydrogens is 494 g/mol. The molecule has 4 aromatic carbocycles. The van der Waals surface area contributed by atoms with Crippen LogP contribution in [0.2, 0.25) is 0 Å². The second kappa shape index (κ2) is 7.14. The lowest BCUT2D eigenvalue weighted by atomic mass is 10.1. The Kier molecular flexibility index (Phi) is 4.47. The summed E-state index contributed by atoms with van der Waals surface area (Å²) in [5.41, 5.74) is 2.21. The number of phenolic OH excluding ortho intramolecular Hbond substituents is 7. The zero-order valence-corrected chi connectivity index (χ0v) is 18.2. The Morgan fingerprint density at radius 2 is 0.970 bits per heavy atom. The highest BCUT2D eigenvalue weighted by Crippen LogP contribution is 2.58. The monoisotopic (exact) mass is 509 g/mol. The van der Waals surface area contributed by atoms with E-state index in [0.717, 1.165) is 11.1 Å². The van der Waals surface area contributed by atoms with Crippen molar-refractivity contribution >= 4 is 37.7 Å². The van der Waals surface area contributed by atoms with Gasteiger partial charge in [0.2, 0.25) is 17.2 Å². The van der Waals surface area contributed by atoms with E-state index >= 15 is 0 Å². The number of aromatic nitrogens is 1. The Morgan fingerprint density at radius 1 is 0.485 bits per heavy atom. The number of hydrogen-bond donors (Lipinski definition) is 7. The maximum Gasteiger partial charge on any atom is 0.206 e. The lowest BCUT2D eigenvalue weighted by Crippen LogP contribution is -1.95. The predicted octanol–water partition coefficient (Wildman–Crippen LogP) is 5.15. The van der Waals surface area contributed by atoms with Gasteiger partial charge < -0.3 is 40.3 Å². The van der Waals surface area contributed by atoms with Crippen molar-refractivity contribution in [3.8, 4) is 57.1 Å². The number of hydrogen-bond acceptors (Lipinski definition) is 7. The highest BCUT2D eigenvalue weighted by atomic mass is 79.9. The van der Waals surface area contributed by atoms with Crippen molar-refractivity contribution in [1.82, 2.24) is 4.57 Å². The van der Waals surface area contributed by atoms with Gasteiger partial charge in [-0.3, -0.25) is 0 Å².